The molecule has 0 atom stereocenters. The summed E-state index contributed by atoms with van der Waals surface area (Å²) in [5.41, 5.74) is 2.57. The van der Waals surface area contributed by atoms with E-state index in [1.54, 1.807) is 11.8 Å². The third kappa shape index (κ3) is 4.05. The molecule has 0 unspecified atom stereocenters. The minimum absolute atomic E-state index is 0.373. The fourth-order valence-electron chi connectivity index (χ4n) is 2.74. The van der Waals surface area contributed by atoms with E-state index in [-0.39, 0.29) is 0 Å². The van der Waals surface area contributed by atoms with E-state index in [1.165, 1.54) is 24.0 Å². The Hall–Kier alpha value is -1.98. The fraction of sp³-hybridized carbons (Fsp3) is 0.300. The van der Waals surface area contributed by atoms with Crippen molar-refractivity contribution in [2.24, 2.45) is 0 Å². The topological polar surface area (TPSA) is 39.9 Å². The summed E-state index contributed by atoms with van der Waals surface area (Å²) in [4.78, 5) is 0. The second-order valence-electron chi connectivity index (χ2n) is 6.49. The molecule has 1 aliphatic rings. The number of benzene rings is 2. The van der Waals surface area contributed by atoms with Crippen molar-refractivity contribution in [3.05, 3.63) is 70.5 Å². The lowest BCUT2D eigenvalue weighted by molar-refractivity contribution is 0.288. The number of thioether (sulfide) groups is 1. The van der Waals surface area contributed by atoms with Gasteiger partial charge in [-0.15, -0.1) is 10.2 Å². The highest BCUT2D eigenvalue weighted by Crippen LogP contribution is 2.39. The van der Waals surface area contributed by atoms with Gasteiger partial charge in [-0.05, 0) is 37.5 Å². The van der Waals surface area contributed by atoms with Crippen molar-refractivity contribution in [2.45, 2.75) is 43.3 Å². The molecule has 1 aliphatic carbocycles. The number of aryl methyl sites for hydroxylation is 1. The van der Waals surface area contributed by atoms with Gasteiger partial charge in [-0.25, -0.2) is 0 Å². The first-order valence-electron chi connectivity index (χ1n) is 8.70. The van der Waals surface area contributed by atoms with Gasteiger partial charge in [-0.1, -0.05) is 65.3 Å². The highest BCUT2D eigenvalue weighted by atomic mass is 35.5. The first-order valence-corrected chi connectivity index (χ1v) is 10.1. The Bertz CT molecular complexity index is 890. The number of halogens is 1. The van der Waals surface area contributed by atoms with E-state index in [0.717, 1.165) is 16.7 Å². The summed E-state index contributed by atoms with van der Waals surface area (Å²) in [6.07, 6.45) is 2.35. The standard InChI is InChI=1S/C20H20ClN3OS/c1-14-6-8-15(9-7-14)13-26-20-23-22-19(24(20)16-10-11-16)12-25-18-5-3-2-4-17(18)21/h2-9,16H,10-13H2,1H3. The number of hydrogen-bond acceptors (Lipinski definition) is 4. The third-order valence-corrected chi connectivity index (χ3v) is 5.66. The van der Waals surface area contributed by atoms with Gasteiger partial charge in [0.25, 0.3) is 0 Å². The molecule has 4 rings (SSSR count). The summed E-state index contributed by atoms with van der Waals surface area (Å²) >= 11 is 7.89. The molecule has 0 aliphatic heterocycles. The van der Waals surface area contributed by atoms with Crippen LogP contribution >= 0.6 is 23.4 Å². The first kappa shape index (κ1) is 17.4. The largest absolute Gasteiger partial charge is 0.484 e. The van der Waals surface area contributed by atoms with Crippen LogP contribution in [0.15, 0.2) is 53.7 Å². The summed E-state index contributed by atoms with van der Waals surface area (Å²) in [7, 11) is 0. The van der Waals surface area contributed by atoms with Crippen LogP contribution in [0, 0.1) is 6.92 Å². The molecule has 1 aromatic heterocycles. The summed E-state index contributed by atoms with van der Waals surface area (Å²) in [5.74, 6) is 2.42. The molecule has 3 aromatic rings. The Morgan fingerprint density at radius 3 is 2.62 bits per heavy atom. The second kappa shape index (κ2) is 7.72. The number of rotatable bonds is 7. The van der Waals surface area contributed by atoms with Crippen LogP contribution in [0.1, 0.15) is 35.8 Å². The van der Waals surface area contributed by atoms with Crippen LogP contribution in [0.5, 0.6) is 5.75 Å². The zero-order valence-electron chi connectivity index (χ0n) is 14.6. The van der Waals surface area contributed by atoms with Gasteiger partial charge < -0.3 is 4.74 Å². The molecule has 4 nitrogen and oxygen atoms in total. The molecule has 134 valence electrons. The maximum atomic E-state index is 6.17. The van der Waals surface area contributed by atoms with Gasteiger partial charge in [-0.2, -0.15) is 0 Å². The number of aromatic nitrogens is 3. The Morgan fingerprint density at radius 1 is 1.12 bits per heavy atom. The SMILES string of the molecule is Cc1ccc(CSc2nnc(COc3ccccc3Cl)n2C2CC2)cc1. The lowest BCUT2D eigenvalue weighted by Gasteiger charge is -2.10. The number of ether oxygens (including phenoxy) is 1. The summed E-state index contributed by atoms with van der Waals surface area (Å²) in [6, 6.07) is 16.6. The van der Waals surface area contributed by atoms with Gasteiger partial charge in [-0.3, -0.25) is 4.57 Å². The molecule has 26 heavy (non-hydrogen) atoms. The molecule has 2 aromatic carbocycles. The maximum absolute atomic E-state index is 6.17. The fourth-order valence-corrected chi connectivity index (χ4v) is 3.91. The van der Waals surface area contributed by atoms with Crippen LogP contribution in [0.4, 0.5) is 0 Å². The zero-order valence-corrected chi connectivity index (χ0v) is 16.1. The maximum Gasteiger partial charge on any atom is 0.191 e. The van der Waals surface area contributed by atoms with Gasteiger partial charge >= 0.3 is 0 Å². The molecular weight excluding hydrogens is 366 g/mol. The number of hydrogen-bond donors (Lipinski definition) is 0. The van der Waals surface area contributed by atoms with Crippen LogP contribution in [0.2, 0.25) is 5.02 Å². The summed E-state index contributed by atoms with van der Waals surface area (Å²) in [5, 5.41) is 10.4. The van der Waals surface area contributed by atoms with E-state index < -0.39 is 0 Å². The molecule has 1 fully saturated rings. The molecule has 0 spiro atoms. The van der Waals surface area contributed by atoms with Crippen LogP contribution in [0.25, 0.3) is 0 Å². The molecule has 1 heterocycles. The normalized spacial score (nSPS) is 13.8. The first-order chi connectivity index (χ1) is 12.7. The van der Waals surface area contributed by atoms with Gasteiger partial charge in [0, 0.05) is 11.8 Å². The van der Waals surface area contributed by atoms with E-state index in [1.807, 2.05) is 24.3 Å². The van der Waals surface area contributed by atoms with Crippen molar-refractivity contribution < 1.29 is 4.74 Å². The molecule has 6 heteroatoms. The average Bonchev–Trinajstić information content (AvgIpc) is 3.41. The lowest BCUT2D eigenvalue weighted by Crippen LogP contribution is -2.07. The third-order valence-electron chi connectivity index (χ3n) is 4.33. The van der Waals surface area contributed by atoms with E-state index in [0.29, 0.717) is 23.4 Å². The molecular formula is C20H20ClN3OS. The van der Waals surface area contributed by atoms with Crippen LogP contribution in [-0.4, -0.2) is 14.8 Å². The zero-order chi connectivity index (χ0) is 17.9. The Morgan fingerprint density at radius 2 is 1.88 bits per heavy atom. The smallest absolute Gasteiger partial charge is 0.191 e. The Kier molecular flexibility index (Phi) is 5.18. The van der Waals surface area contributed by atoms with Crippen LogP contribution in [0.3, 0.4) is 0 Å². The van der Waals surface area contributed by atoms with Crippen molar-refractivity contribution in [3.8, 4) is 5.75 Å². The molecule has 0 radical (unpaired) electrons. The van der Waals surface area contributed by atoms with Gasteiger partial charge in [0.15, 0.2) is 11.0 Å². The predicted octanol–water partition coefficient (Wildman–Crippen LogP) is 5.45. The van der Waals surface area contributed by atoms with Gasteiger partial charge in [0.2, 0.25) is 0 Å². The minimum atomic E-state index is 0.373. The van der Waals surface area contributed by atoms with Crippen molar-refractivity contribution in [1.29, 1.82) is 0 Å². The Labute approximate surface area is 162 Å². The van der Waals surface area contributed by atoms with Gasteiger partial charge in [0.1, 0.15) is 12.4 Å². The quantitative estimate of drug-likeness (QED) is 0.507. The van der Waals surface area contributed by atoms with Crippen molar-refractivity contribution >= 4 is 23.4 Å². The van der Waals surface area contributed by atoms with Crippen LogP contribution in [-0.2, 0) is 12.4 Å². The van der Waals surface area contributed by atoms with E-state index in [9.17, 15) is 0 Å². The lowest BCUT2D eigenvalue weighted by atomic mass is 10.2. The van der Waals surface area contributed by atoms with E-state index in [2.05, 4.69) is 46.0 Å². The summed E-state index contributed by atoms with van der Waals surface area (Å²) in [6.45, 7) is 2.48. The summed E-state index contributed by atoms with van der Waals surface area (Å²) < 4.78 is 8.10. The molecule has 1 saturated carbocycles. The highest BCUT2D eigenvalue weighted by molar-refractivity contribution is 7.98. The van der Waals surface area contributed by atoms with E-state index >= 15 is 0 Å². The van der Waals surface area contributed by atoms with Crippen molar-refractivity contribution in [1.82, 2.24) is 14.8 Å². The van der Waals surface area contributed by atoms with Crippen molar-refractivity contribution in [3.63, 3.8) is 0 Å². The highest BCUT2D eigenvalue weighted by Gasteiger charge is 2.29. The Balaban J connectivity index is 1.46. The predicted molar refractivity (Wildman–Crippen MR) is 105 cm³/mol. The van der Waals surface area contributed by atoms with Gasteiger partial charge in [0.05, 0.1) is 5.02 Å². The van der Waals surface area contributed by atoms with Crippen LogP contribution < -0.4 is 4.74 Å². The molecule has 0 N–H and O–H groups in total. The second-order valence-corrected chi connectivity index (χ2v) is 7.84. The minimum Gasteiger partial charge on any atom is -0.484 e. The molecule has 0 bridgehead atoms. The van der Waals surface area contributed by atoms with E-state index in [4.69, 9.17) is 16.3 Å². The average molecular weight is 386 g/mol. The number of para-hydroxylation sites is 1. The van der Waals surface area contributed by atoms with Crippen molar-refractivity contribution in [2.75, 3.05) is 0 Å². The monoisotopic (exact) mass is 385 g/mol. The molecule has 0 amide bonds. The number of nitrogens with zero attached hydrogens (tertiary/aromatic N) is 3. The molecule has 0 saturated heterocycles.